The van der Waals surface area contributed by atoms with E-state index in [9.17, 15) is 13.2 Å². The quantitative estimate of drug-likeness (QED) is 0.645. The summed E-state index contributed by atoms with van der Waals surface area (Å²) in [5.41, 5.74) is 1.14. The highest BCUT2D eigenvalue weighted by atomic mass is 35.5. The molecule has 0 bridgehead atoms. The second-order valence-corrected chi connectivity index (χ2v) is 9.69. The fourth-order valence-electron chi connectivity index (χ4n) is 2.87. The maximum absolute atomic E-state index is 12.7. The summed E-state index contributed by atoms with van der Waals surface area (Å²) in [5, 5.41) is 3.25. The van der Waals surface area contributed by atoms with Crippen LogP contribution in [0.1, 0.15) is 31.9 Å². The van der Waals surface area contributed by atoms with Gasteiger partial charge in [-0.05, 0) is 30.0 Å². The third-order valence-electron chi connectivity index (χ3n) is 4.13. The smallest absolute Gasteiger partial charge is 0.241 e. The number of sulfonamides is 1. The van der Waals surface area contributed by atoms with E-state index in [0.717, 1.165) is 22.5 Å². The average molecular weight is 443 g/mol. The summed E-state index contributed by atoms with van der Waals surface area (Å²) in [4.78, 5) is 12.7. The van der Waals surface area contributed by atoms with Crippen LogP contribution in [0.5, 0.6) is 0 Å². The van der Waals surface area contributed by atoms with Gasteiger partial charge in [0.15, 0.2) is 0 Å². The molecule has 0 aliphatic carbocycles. The number of carbonyl (C=O) groups is 1. The first-order valence-electron chi connectivity index (χ1n) is 8.85. The van der Waals surface area contributed by atoms with E-state index < -0.39 is 15.9 Å². The minimum absolute atomic E-state index is 0.0872. The lowest BCUT2D eigenvalue weighted by atomic mass is 9.97. The minimum Gasteiger partial charge on any atom is -0.348 e. The van der Waals surface area contributed by atoms with Crippen molar-refractivity contribution in [1.82, 2.24) is 5.32 Å². The van der Waals surface area contributed by atoms with Gasteiger partial charge in [0.2, 0.25) is 15.9 Å². The van der Waals surface area contributed by atoms with Crippen molar-refractivity contribution in [2.45, 2.75) is 26.3 Å². The Bertz CT molecular complexity index is 918. The Morgan fingerprint density at radius 2 is 1.71 bits per heavy atom. The zero-order valence-electron chi connectivity index (χ0n) is 16.0. The normalized spacial score (nSPS) is 12.6. The molecule has 5 nitrogen and oxygen atoms in total. The molecule has 0 aliphatic rings. The van der Waals surface area contributed by atoms with Gasteiger partial charge in [0, 0.05) is 0 Å². The lowest BCUT2D eigenvalue weighted by Gasteiger charge is -2.26. The van der Waals surface area contributed by atoms with Crippen molar-refractivity contribution in [3.63, 3.8) is 0 Å². The Hall–Kier alpha value is -1.76. The average Bonchev–Trinajstić information content (AvgIpc) is 2.61. The Kier molecular flexibility index (Phi) is 7.75. The third kappa shape index (κ3) is 6.12. The third-order valence-corrected chi connectivity index (χ3v) is 6.07. The fraction of sp³-hybridized carbons (Fsp3) is 0.350. The number of anilines is 1. The number of nitrogens with zero attached hydrogens (tertiary/aromatic N) is 1. The highest BCUT2D eigenvalue weighted by Gasteiger charge is 2.25. The first kappa shape index (κ1) is 22.5. The van der Waals surface area contributed by atoms with Crippen molar-refractivity contribution in [1.29, 1.82) is 0 Å². The zero-order chi connectivity index (χ0) is 20.9. The van der Waals surface area contributed by atoms with Gasteiger partial charge in [0.1, 0.15) is 6.54 Å². The SMILES string of the molecule is CC(C)C[C@@H](NC(=O)CN(c1cccc(Cl)c1Cl)S(C)(=O)=O)c1ccccc1. The molecule has 1 atom stereocenters. The van der Waals surface area contributed by atoms with Crippen LogP contribution < -0.4 is 9.62 Å². The van der Waals surface area contributed by atoms with Crippen LogP contribution in [0.25, 0.3) is 0 Å². The van der Waals surface area contributed by atoms with Crippen molar-refractivity contribution in [3.05, 3.63) is 64.1 Å². The van der Waals surface area contributed by atoms with Crippen LogP contribution in [0.4, 0.5) is 5.69 Å². The first-order valence-corrected chi connectivity index (χ1v) is 11.5. The Labute approximate surface area is 176 Å². The van der Waals surface area contributed by atoms with Gasteiger partial charge in [0.25, 0.3) is 0 Å². The molecule has 0 radical (unpaired) electrons. The maximum Gasteiger partial charge on any atom is 0.241 e. The van der Waals surface area contributed by atoms with E-state index in [4.69, 9.17) is 23.2 Å². The molecule has 0 unspecified atom stereocenters. The predicted molar refractivity (Wildman–Crippen MR) is 115 cm³/mol. The zero-order valence-corrected chi connectivity index (χ0v) is 18.4. The first-order chi connectivity index (χ1) is 13.1. The molecule has 2 aromatic rings. The molecule has 0 heterocycles. The van der Waals surface area contributed by atoms with Gasteiger partial charge in [-0.2, -0.15) is 0 Å². The number of hydrogen-bond donors (Lipinski definition) is 1. The minimum atomic E-state index is -3.75. The lowest BCUT2D eigenvalue weighted by Crippen LogP contribution is -2.42. The monoisotopic (exact) mass is 442 g/mol. The summed E-state index contributed by atoms with van der Waals surface area (Å²) in [5.74, 6) is -0.0742. The molecular formula is C20H24Cl2N2O3S. The van der Waals surface area contributed by atoms with E-state index in [-0.39, 0.29) is 28.3 Å². The molecule has 1 N–H and O–H groups in total. The second kappa shape index (κ2) is 9.63. The van der Waals surface area contributed by atoms with Crippen LogP contribution in [0.3, 0.4) is 0 Å². The van der Waals surface area contributed by atoms with Crippen molar-refractivity contribution in [2.75, 3.05) is 17.1 Å². The summed E-state index contributed by atoms with van der Waals surface area (Å²) >= 11 is 12.2. The summed E-state index contributed by atoms with van der Waals surface area (Å²) < 4.78 is 25.6. The Balaban J connectivity index is 2.26. The van der Waals surface area contributed by atoms with E-state index >= 15 is 0 Å². The van der Waals surface area contributed by atoms with Crippen LogP contribution in [0, 0.1) is 5.92 Å². The molecule has 0 saturated heterocycles. The molecule has 152 valence electrons. The maximum atomic E-state index is 12.7. The molecule has 1 amide bonds. The molecule has 2 rings (SSSR count). The van der Waals surface area contributed by atoms with Gasteiger partial charge in [-0.3, -0.25) is 9.10 Å². The van der Waals surface area contributed by atoms with E-state index in [1.165, 1.54) is 6.07 Å². The number of nitrogens with one attached hydrogen (secondary N) is 1. The Morgan fingerprint density at radius 1 is 1.07 bits per heavy atom. The predicted octanol–water partition coefficient (Wildman–Crippen LogP) is 4.66. The molecule has 8 heteroatoms. The molecule has 0 saturated carbocycles. The van der Waals surface area contributed by atoms with Gasteiger partial charge in [-0.15, -0.1) is 0 Å². The molecule has 0 aromatic heterocycles. The molecule has 2 aromatic carbocycles. The van der Waals surface area contributed by atoms with E-state index in [1.807, 2.05) is 30.3 Å². The van der Waals surface area contributed by atoms with E-state index in [1.54, 1.807) is 12.1 Å². The topological polar surface area (TPSA) is 66.5 Å². The summed E-state index contributed by atoms with van der Waals surface area (Å²) in [6.45, 7) is 3.74. The van der Waals surface area contributed by atoms with Crippen molar-refractivity contribution in [2.24, 2.45) is 5.92 Å². The molecule has 0 aliphatic heterocycles. The lowest BCUT2D eigenvalue weighted by molar-refractivity contribution is -0.120. The van der Waals surface area contributed by atoms with Gasteiger partial charge in [-0.25, -0.2) is 8.42 Å². The Morgan fingerprint density at radius 3 is 2.29 bits per heavy atom. The highest BCUT2D eigenvalue weighted by Crippen LogP contribution is 2.33. The largest absolute Gasteiger partial charge is 0.348 e. The van der Waals surface area contributed by atoms with Crippen LogP contribution >= 0.6 is 23.2 Å². The summed E-state index contributed by atoms with van der Waals surface area (Å²) in [7, 11) is -3.75. The molecule has 0 spiro atoms. The van der Waals surface area contributed by atoms with Crippen molar-refractivity contribution >= 4 is 44.8 Å². The standard InChI is InChI=1S/C20H24Cl2N2O3S/c1-14(2)12-17(15-8-5-4-6-9-15)23-19(25)13-24(28(3,26)27)18-11-7-10-16(21)20(18)22/h4-11,14,17H,12-13H2,1-3H3,(H,23,25)/t17-/m1/s1. The van der Waals surface area contributed by atoms with Crippen LogP contribution in [0.15, 0.2) is 48.5 Å². The molecule has 28 heavy (non-hydrogen) atoms. The van der Waals surface area contributed by atoms with Gasteiger partial charge < -0.3 is 5.32 Å². The van der Waals surface area contributed by atoms with E-state index in [0.29, 0.717) is 5.92 Å². The number of halogens is 2. The van der Waals surface area contributed by atoms with Gasteiger partial charge >= 0.3 is 0 Å². The summed E-state index contributed by atoms with van der Waals surface area (Å²) in [6.07, 6.45) is 1.76. The second-order valence-electron chi connectivity index (χ2n) is 7.00. The van der Waals surface area contributed by atoms with Crippen LogP contribution in [0.2, 0.25) is 10.0 Å². The van der Waals surface area contributed by atoms with Gasteiger partial charge in [-0.1, -0.05) is 73.4 Å². The van der Waals surface area contributed by atoms with Crippen molar-refractivity contribution < 1.29 is 13.2 Å². The number of carbonyl (C=O) groups excluding carboxylic acids is 1. The molecule has 0 fully saturated rings. The van der Waals surface area contributed by atoms with Crippen LogP contribution in [-0.2, 0) is 14.8 Å². The number of amides is 1. The fourth-order valence-corrected chi connectivity index (χ4v) is 4.18. The summed E-state index contributed by atoms with van der Waals surface area (Å²) in [6, 6.07) is 14.0. The van der Waals surface area contributed by atoms with Gasteiger partial charge in [0.05, 0.1) is 28.0 Å². The molecular weight excluding hydrogens is 419 g/mol. The number of rotatable bonds is 8. The van der Waals surface area contributed by atoms with E-state index in [2.05, 4.69) is 19.2 Å². The number of benzene rings is 2. The highest BCUT2D eigenvalue weighted by molar-refractivity contribution is 7.92. The van der Waals surface area contributed by atoms with Crippen molar-refractivity contribution in [3.8, 4) is 0 Å². The number of hydrogen-bond acceptors (Lipinski definition) is 3. The van der Waals surface area contributed by atoms with Crippen LogP contribution in [-0.4, -0.2) is 27.1 Å².